The maximum absolute atomic E-state index is 12.9. The van der Waals surface area contributed by atoms with Crippen LogP contribution in [0.25, 0.3) is 22.5 Å². The molecule has 8 heteroatoms. The molecule has 26 heavy (non-hydrogen) atoms. The van der Waals surface area contributed by atoms with Gasteiger partial charge < -0.3 is 10.3 Å². The summed E-state index contributed by atoms with van der Waals surface area (Å²) in [7, 11) is 1.29. The van der Waals surface area contributed by atoms with Crippen LogP contribution in [0.15, 0.2) is 36.5 Å². The molecule has 2 N–H and O–H groups in total. The number of nitrogens with two attached hydrogens (primary N) is 1. The van der Waals surface area contributed by atoms with Gasteiger partial charge in [0, 0.05) is 43.4 Å². The molecule has 3 heterocycles. The summed E-state index contributed by atoms with van der Waals surface area (Å²) in [6.45, 7) is 0.759. The van der Waals surface area contributed by atoms with Crippen LogP contribution in [-0.2, 0) is 26.2 Å². The molecule has 0 saturated heterocycles. The fourth-order valence-corrected chi connectivity index (χ4v) is 3.29. The molecule has 0 bridgehead atoms. The van der Waals surface area contributed by atoms with Gasteiger partial charge in [-0.2, -0.15) is 18.3 Å². The standard InChI is InChI=1S/C18H18F3N5/c1-25-16(18(19,20)21)8-14(24-25)11-2-4-12(5-3-11)15-10-26-9-13(22)6-7-17(26)23-15/h2-5,8,10,13H,6-7,9,22H2,1H3. The molecule has 0 fully saturated rings. The summed E-state index contributed by atoms with van der Waals surface area (Å²) < 4.78 is 41.7. The summed E-state index contributed by atoms with van der Waals surface area (Å²) in [4.78, 5) is 4.65. The van der Waals surface area contributed by atoms with Crippen LogP contribution in [0.2, 0.25) is 0 Å². The Morgan fingerprint density at radius 3 is 2.38 bits per heavy atom. The number of imidazole rings is 1. The van der Waals surface area contributed by atoms with E-state index in [0.717, 1.165) is 47.2 Å². The molecule has 1 aliphatic heterocycles. The Labute approximate surface area is 148 Å². The van der Waals surface area contributed by atoms with Gasteiger partial charge in [0.1, 0.15) is 11.5 Å². The minimum atomic E-state index is -4.42. The molecular formula is C18H18F3N5. The van der Waals surface area contributed by atoms with Crippen molar-refractivity contribution in [3.63, 3.8) is 0 Å². The smallest absolute Gasteiger partial charge is 0.333 e. The van der Waals surface area contributed by atoms with Crippen LogP contribution in [-0.4, -0.2) is 25.4 Å². The van der Waals surface area contributed by atoms with E-state index in [9.17, 15) is 13.2 Å². The fraction of sp³-hybridized carbons (Fsp3) is 0.333. The molecule has 136 valence electrons. The van der Waals surface area contributed by atoms with Crippen LogP contribution >= 0.6 is 0 Å². The first kappa shape index (κ1) is 16.8. The van der Waals surface area contributed by atoms with Crippen LogP contribution in [0.4, 0.5) is 13.2 Å². The summed E-state index contributed by atoms with van der Waals surface area (Å²) in [6.07, 6.45) is -0.661. The number of aromatic nitrogens is 4. The van der Waals surface area contributed by atoms with Gasteiger partial charge in [-0.05, 0) is 12.5 Å². The van der Waals surface area contributed by atoms with Crippen molar-refractivity contribution in [2.24, 2.45) is 12.8 Å². The summed E-state index contributed by atoms with van der Waals surface area (Å²) in [5.74, 6) is 1.02. The average Bonchev–Trinajstić information content (AvgIpc) is 3.17. The summed E-state index contributed by atoms with van der Waals surface area (Å²) in [5.41, 5.74) is 7.90. The molecule has 5 nitrogen and oxygen atoms in total. The lowest BCUT2D eigenvalue weighted by Crippen LogP contribution is -2.31. The van der Waals surface area contributed by atoms with Crippen molar-refractivity contribution in [3.05, 3.63) is 48.0 Å². The zero-order valence-electron chi connectivity index (χ0n) is 14.2. The Morgan fingerprint density at radius 2 is 1.77 bits per heavy atom. The van der Waals surface area contributed by atoms with Gasteiger partial charge >= 0.3 is 6.18 Å². The normalized spacial score (nSPS) is 17.3. The Kier molecular flexibility index (Phi) is 3.87. The Bertz CT molecular complexity index is 937. The zero-order valence-corrected chi connectivity index (χ0v) is 14.2. The fourth-order valence-electron chi connectivity index (χ4n) is 3.29. The minimum Gasteiger partial charge on any atom is -0.333 e. The molecule has 0 amide bonds. The predicted octanol–water partition coefficient (Wildman–Crippen LogP) is 3.24. The van der Waals surface area contributed by atoms with Gasteiger partial charge in [-0.1, -0.05) is 24.3 Å². The first-order chi connectivity index (χ1) is 12.3. The van der Waals surface area contributed by atoms with Crippen molar-refractivity contribution >= 4 is 0 Å². The third-order valence-electron chi connectivity index (χ3n) is 4.68. The second kappa shape index (κ2) is 5.98. The largest absolute Gasteiger partial charge is 0.433 e. The third-order valence-corrected chi connectivity index (χ3v) is 4.68. The molecule has 1 aliphatic rings. The van der Waals surface area contributed by atoms with Crippen molar-refractivity contribution in [1.29, 1.82) is 0 Å². The quantitative estimate of drug-likeness (QED) is 0.762. The predicted molar refractivity (Wildman–Crippen MR) is 91.2 cm³/mol. The van der Waals surface area contributed by atoms with Crippen LogP contribution in [0, 0.1) is 0 Å². The first-order valence-corrected chi connectivity index (χ1v) is 8.35. The Hall–Kier alpha value is -2.61. The number of hydrogen-bond acceptors (Lipinski definition) is 3. The first-order valence-electron chi connectivity index (χ1n) is 8.35. The van der Waals surface area contributed by atoms with Gasteiger partial charge in [-0.25, -0.2) is 4.98 Å². The number of benzene rings is 1. The number of rotatable bonds is 2. The van der Waals surface area contributed by atoms with E-state index in [2.05, 4.69) is 14.6 Å². The van der Waals surface area contributed by atoms with E-state index in [-0.39, 0.29) is 6.04 Å². The second-order valence-electron chi connectivity index (χ2n) is 6.61. The molecule has 1 aromatic carbocycles. The number of alkyl halides is 3. The molecule has 3 aromatic rings. The van der Waals surface area contributed by atoms with Gasteiger partial charge in [-0.15, -0.1) is 0 Å². The van der Waals surface area contributed by atoms with E-state index < -0.39 is 11.9 Å². The summed E-state index contributed by atoms with van der Waals surface area (Å²) in [5, 5.41) is 3.97. The SMILES string of the molecule is Cn1nc(-c2ccc(-c3cn4c(n3)CCC(N)C4)cc2)cc1C(F)(F)F. The van der Waals surface area contributed by atoms with Gasteiger partial charge in [0.15, 0.2) is 0 Å². The lowest BCUT2D eigenvalue weighted by molar-refractivity contribution is -0.143. The van der Waals surface area contributed by atoms with Crippen molar-refractivity contribution in [1.82, 2.24) is 19.3 Å². The number of halogens is 3. The average molecular weight is 361 g/mol. The van der Waals surface area contributed by atoms with Gasteiger partial charge in [0.25, 0.3) is 0 Å². The van der Waals surface area contributed by atoms with E-state index in [1.54, 1.807) is 12.1 Å². The lowest BCUT2D eigenvalue weighted by atomic mass is 10.1. The van der Waals surface area contributed by atoms with Crippen LogP contribution in [0.3, 0.4) is 0 Å². The molecule has 0 aliphatic carbocycles. The highest BCUT2D eigenvalue weighted by Gasteiger charge is 2.35. The molecule has 1 unspecified atom stereocenters. The van der Waals surface area contributed by atoms with Crippen LogP contribution in [0.5, 0.6) is 0 Å². The molecule has 0 spiro atoms. The molecule has 1 atom stereocenters. The lowest BCUT2D eigenvalue weighted by Gasteiger charge is -2.19. The van der Waals surface area contributed by atoms with Gasteiger partial charge in [0.2, 0.25) is 0 Å². The van der Waals surface area contributed by atoms with Crippen molar-refractivity contribution in [2.75, 3.05) is 0 Å². The van der Waals surface area contributed by atoms with Gasteiger partial charge in [-0.3, -0.25) is 4.68 Å². The van der Waals surface area contributed by atoms with E-state index in [1.807, 2.05) is 18.3 Å². The van der Waals surface area contributed by atoms with Gasteiger partial charge in [0.05, 0.1) is 11.4 Å². The highest BCUT2D eigenvalue weighted by atomic mass is 19.4. The third kappa shape index (κ3) is 3.01. The Balaban J connectivity index is 1.62. The maximum Gasteiger partial charge on any atom is 0.433 e. The highest BCUT2D eigenvalue weighted by Crippen LogP contribution is 2.32. The number of nitrogens with zero attached hydrogens (tertiary/aromatic N) is 4. The molecule has 0 saturated carbocycles. The topological polar surface area (TPSA) is 61.7 Å². The monoisotopic (exact) mass is 361 g/mol. The van der Waals surface area contributed by atoms with Crippen LogP contribution in [0.1, 0.15) is 17.9 Å². The highest BCUT2D eigenvalue weighted by molar-refractivity contribution is 5.66. The summed E-state index contributed by atoms with van der Waals surface area (Å²) in [6, 6.07) is 8.45. The maximum atomic E-state index is 12.9. The van der Waals surface area contributed by atoms with Crippen molar-refractivity contribution < 1.29 is 13.2 Å². The molecule has 0 radical (unpaired) electrons. The number of fused-ring (bicyclic) bond motifs is 1. The van der Waals surface area contributed by atoms with E-state index >= 15 is 0 Å². The van der Waals surface area contributed by atoms with E-state index in [0.29, 0.717) is 11.3 Å². The number of aryl methyl sites for hydroxylation is 2. The van der Waals surface area contributed by atoms with E-state index in [1.165, 1.54) is 7.05 Å². The minimum absolute atomic E-state index is 0.152. The van der Waals surface area contributed by atoms with Crippen LogP contribution < -0.4 is 5.73 Å². The van der Waals surface area contributed by atoms with Crippen molar-refractivity contribution in [2.45, 2.75) is 31.6 Å². The second-order valence-corrected chi connectivity index (χ2v) is 6.61. The molecular weight excluding hydrogens is 343 g/mol. The molecule has 4 rings (SSSR count). The Morgan fingerprint density at radius 1 is 1.12 bits per heavy atom. The zero-order chi connectivity index (χ0) is 18.5. The van der Waals surface area contributed by atoms with E-state index in [4.69, 9.17) is 5.73 Å². The molecule has 2 aromatic heterocycles. The summed E-state index contributed by atoms with van der Waals surface area (Å²) >= 11 is 0. The number of hydrogen-bond donors (Lipinski definition) is 1. The van der Waals surface area contributed by atoms with Crippen molar-refractivity contribution in [3.8, 4) is 22.5 Å².